The molecule has 20 heavy (non-hydrogen) atoms. The van der Waals surface area contributed by atoms with Gasteiger partial charge >= 0.3 is 0 Å². The lowest BCUT2D eigenvalue weighted by Crippen LogP contribution is -2.37. The zero-order valence-electron chi connectivity index (χ0n) is 11.1. The molecular formula is C14H15FN2O3. The lowest BCUT2D eigenvalue weighted by atomic mass is 10.1. The zero-order chi connectivity index (χ0) is 14.1. The average Bonchev–Trinajstić information content (AvgIpc) is 2.51. The van der Waals surface area contributed by atoms with Gasteiger partial charge in [0.15, 0.2) is 0 Å². The average molecular weight is 278 g/mol. The van der Waals surface area contributed by atoms with Crippen LogP contribution < -0.4 is 15.2 Å². The molecule has 1 aliphatic heterocycles. The maximum absolute atomic E-state index is 13.8. The number of fused-ring (bicyclic) bond motifs is 1. The molecule has 106 valence electrons. The van der Waals surface area contributed by atoms with Crippen LogP contribution in [0.25, 0.3) is 10.8 Å². The van der Waals surface area contributed by atoms with Crippen LogP contribution >= 0.6 is 0 Å². The lowest BCUT2D eigenvalue weighted by Gasteiger charge is -2.29. The molecule has 0 aliphatic carbocycles. The van der Waals surface area contributed by atoms with Crippen LogP contribution in [0.5, 0.6) is 5.75 Å². The molecule has 6 heteroatoms. The largest absolute Gasteiger partial charge is 0.497 e. The molecule has 1 saturated heterocycles. The highest BCUT2D eigenvalue weighted by molar-refractivity contribution is 5.94. The van der Waals surface area contributed by atoms with E-state index >= 15 is 0 Å². The molecule has 1 aromatic carbocycles. The fourth-order valence-corrected chi connectivity index (χ4v) is 2.46. The van der Waals surface area contributed by atoms with Crippen LogP contribution in [0, 0.1) is 0 Å². The number of pyridine rings is 1. The molecule has 0 bridgehead atoms. The summed E-state index contributed by atoms with van der Waals surface area (Å²) >= 11 is 0. The molecule has 2 aromatic rings. The summed E-state index contributed by atoms with van der Waals surface area (Å²) in [5, 5.41) is 1.04. The molecular weight excluding hydrogens is 263 g/mol. The van der Waals surface area contributed by atoms with E-state index in [1.807, 2.05) is 4.90 Å². The minimum Gasteiger partial charge on any atom is -0.497 e. The number of benzene rings is 1. The summed E-state index contributed by atoms with van der Waals surface area (Å²) < 4.78 is 24.3. The summed E-state index contributed by atoms with van der Waals surface area (Å²) in [4.78, 5) is 14.0. The van der Waals surface area contributed by atoms with Gasteiger partial charge in [0.1, 0.15) is 5.75 Å². The number of ether oxygens (including phenoxy) is 2. The van der Waals surface area contributed by atoms with Gasteiger partial charge in [0.25, 0.3) is 5.56 Å². The Morgan fingerprint density at radius 3 is 2.70 bits per heavy atom. The van der Waals surface area contributed by atoms with Gasteiger partial charge in [-0.05, 0) is 18.2 Å². The van der Waals surface area contributed by atoms with Crippen molar-refractivity contribution < 1.29 is 14.0 Å². The van der Waals surface area contributed by atoms with Crippen molar-refractivity contribution in [3.05, 3.63) is 34.7 Å². The first-order valence-corrected chi connectivity index (χ1v) is 6.43. The van der Waals surface area contributed by atoms with E-state index in [1.54, 1.807) is 25.3 Å². The highest BCUT2D eigenvalue weighted by atomic mass is 19.2. The van der Waals surface area contributed by atoms with Gasteiger partial charge < -0.3 is 14.4 Å². The third-order valence-corrected chi connectivity index (χ3v) is 3.51. The monoisotopic (exact) mass is 278 g/mol. The van der Waals surface area contributed by atoms with Gasteiger partial charge in [-0.15, -0.1) is 4.79 Å². The van der Waals surface area contributed by atoms with Gasteiger partial charge in [-0.25, -0.2) is 0 Å². The van der Waals surface area contributed by atoms with Crippen LogP contribution in [-0.2, 0) is 4.74 Å². The summed E-state index contributed by atoms with van der Waals surface area (Å²) in [6, 6.07) is 5.02. The van der Waals surface area contributed by atoms with Crippen molar-refractivity contribution in [2.75, 3.05) is 38.3 Å². The van der Waals surface area contributed by atoms with Crippen LogP contribution in [-0.4, -0.2) is 38.2 Å². The van der Waals surface area contributed by atoms with E-state index in [1.165, 1.54) is 6.20 Å². The molecule has 1 aliphatic rings. The van der Waals surface area contributed by atoms with Crippen molar-refractivity contribution in [1.29, 1.82) is 0 Å². The standard InChI is InChI=1S/C14H15FN2O3/c1-19-10-2-3-11-12(8-10)13(9-17(15)14(11)18)16-4-6-20-7-5-16/h2-3,8-9H,4-7H2,1H3. The number of morpholine rings is 1. The Morgan fingerprint density at radius 2 is 2.00 bits per heavy atom. The number of aromatic nitrogens is 1. The second kappa shape index (κ2) is 5.13. The van der Waals surface area contributed by atoms with E-state index in [0.29, 0.717) is 48.5 Å². The molecule has 0 unspecified atom stereocenters. The molecule has 0 atom stereocenters. The van der Waals surface area contributed by atoms with Crippen molar-refractivity contribution >= 4 is 16.5 Å². The normalized spacial score (nSPS) is 15.6. The number of hydrogen-bond acceptors (Lipinski definition) is 4. The first-order chi connectivity index (χ1) is 9.70. The van der Waals surface area contributed by atoms with Crippen molar-refractivity contribution in [1.82, 2.24) is 4.79 Å². The van der Waals surface area contributed by atoms with Crippen LogP contribution in [0.15, 0.2) is 29.2 Å². The number of rotatable bonds is 2. The van der Waals surface area contributed by atoms with Gasteiger partial charge in [-0.3, -0.25) is 4.79 Å². The lowest BCUT2D eigenvalue weighted by molar-refractivity contribution is 0.122. The fourth-order valence-electron chi connectivity index (χ4n) is 2.46. The molecule has 0 N–H and O–H groups in total. The smallest absolute Gasteiger partial charge is 0.286 e. The number of methoxy groups -OCH3 is 1. The third kappa shape index (κ3) is 2.12. The maximum atomic E-state index is 13.8. The number of halogens is 1. The van der Waals surface area contributed by atoms with Crippen LogP contribution in [0.4, 0.5) is 10.2 Å². The molecule has 2 heterocycles. The Kier molecular flexibility index (Phi) is 3.31. The van der Waals surface area contributed by atoms with Gasteiger partial charge in [0, 0.05) is 18.5 Å². The van der Waals surface area contributed by atoms with Gasteiger partial charge in [-0.1, -0.05) is 4.48 Å². The Balaban J connectivity index is 2.23. The Bertz CT molecular complexity index is 693. The van der Waals surface area contributed by atoms with Crippen molar-refractivity contribution in [2.45, 2.75) is 0 Å². The van der Waals surface area contributed by atoms with E-state index in [0.717, 1.165) is 0 Å². The van der Waals surface area contributed by atoms with Crippen LogP contribution in [0.1, 0.15) is 0 Å². The van der Waals surface area contributed by atoms with E-state index < -0.39 is 5.56 Å². The van der Waals surface area contributed by atoms with Crippen molar-refractivity contribution in [3.8, 4) is 5.75 Å². The van der Waals surface area contributed by atoms with Gasteiger partial charge in [0.2, 0.25) is 0 Å². The summed E-state index contributed by atoms with van der Waals surface area (Å²) in [6.07, 6.45) is 1.23. The summed E-state index contributed by atoms with van der Waals surface area (Å²) in [7, 11) is 1.56. The topological polar surface area (TPSA) is 43.7 Å². The van der Waals surface area contributed by atoms with E-state index in [-0.39, 0.29) is 4.79 Å². The highest BCUT2D eigenvalue weighted by Gasteiger charge is 2.17. The third-order valence-electron chi connectivity index (χ3n) is 3.51. The Labute approximate surface area is 115 Å². The molecule has 1 fully saturated rings. The maximum Gasteiger partial charge on any atom is 0.286 e. The van der Waals surface area contributed by atoms with Crippen LogP contribution in [0.2, 0.25) is 0 Å². The van der Waals surface area contributed by atoms with Crippen molar-refractivity contribution in [2.24, 2.45) is 0 Å². The Morgan fingerprint density at radius 1 is 1.25 bits per heavy atom. The van der Waals surface area contributed by atoms with E-state index in [2.05, 4.69) is 0 Å². The molecule has 1 aromatic heterocycles. The highest BCUT2D eigenvalue weighted by Crippen LogP contribution is 2.28. The van der Waals surface area contributed by atoms with Gasteiger partial charge in [-0.2, -0.15) is 0 Å². The summed E-state index contributed by atoms with van der Waals surface area (Å²) in [5.41, 5.74) is 0.0314. The number of hydrogen-bond donors (Lipinski definition) is 0. The second-order valence-corrected chi connectivity index (χ2v) is 4.64. The molecule has 3 rings (SSSR count). The summed E-state index contributed by atoms with van der Waals surface area (Å²) in [6.45, 7) is 2.53. The molecule has 5 nitrogen and oxygen atoms in total. The zero-order valence-corrected chi connectivity index (χ0v) is 11.1. The fraction of sp³-hybridized carbons (Fsp3) is 0.357. The van der Waals surface area contributed by atoms with E-state index in [4.69, 9.17) is 9.47 Å². The first-order valence-electron chi connectivity index (χ1n) is 6.43. The molecule has 0 spiro atoms. The quantitative estimate of drug-likeness (QED) is 0.836. The Hall–Kier alpha value is -2.08. The molecule has 0 saturated carbocycles. The molecule has 0 radical (unpaired) electrons. The minimum atomic E-state index is -0.653. The van der Waals surface area contributed by atoms with Crippen LogP contribution in [0.3, 0.4) is 0 Å². The van der Waals surface area contributed by atoms with Gasteiger partial charge in [0.05, 0.1) is 37.6 Å². The predicted octanol–water partition coefficient (Wildman–Crippen LogP) is 1.58. The van der Waals surface area contributed by atoms with Crippen molar-refractivity contribution in [3.63, 3.8) is 0 Å². The molecule has 0 amide bonds. The summed E-state index contributed by atoms with van der Waals surface area (Å²) in [5.74, 6) is 0.642. The number of anilines is 1. The first kappa shape index (κ1) is 12.9. The second-order valence-electron chi connectivity index (χ2n) is 4.64. The predicted molar refractivity (Wildman–Crippen MR) is 74.3 cm³/mol. The minimum absolute atomic E-state index is 0.138. The number of nitrogens with zero attached hydrogens (tertiary/aromatic N) is 2. The van der Waals surface area contributed by atoms with E-state index in [9.17, 15) is 9.28 Å². The SMILES string of the molecule is COc1ccc2c(=O)n(F)cc(N3CCOCC3)c2c1.